The Morgan fingerprint density at radius 1 is 0.941 bits per heavy atom. The standard InChI is InChI=1S/C28H30F4O2/c1-3-4-5-17-7-8-19-15-20(10-9-18(19)14-17)21-11-12-22(26(31)25(21)30)28(33)34-23-13-6-16(2)24(29)27(23)32/h3,6,11-13,17-20H,1,4-5,7-10,14-15H2,2H3. The third kappa shape index (κ3) is 4.91. The van der Waals surface area contributed by atoms with Crippen molar-refractivity contribution in [2.75, 3.05) is 0 Å². The predicted octanol–water partition coefficient (Wildman–Crippen LogP) is 8.04. The molecule has 0 amide bonds. The van der Waals surface area contributed by atoms with Gasteiger partial charge in [0, 0.05) is 0 Å². The Labute approximate surface area is 198 Å². The summed E-state index contributed by atoms with van der Waals surface area (Å²) in [6, 6.07) is 4.93. The molecule has 34 heavy (non-hydrogen) atoms. The first-order chi connectivity index (χ1) is 16.3. The van der Waals surface area contributed by atoms with E-state index in [1.54, 1.807) is 0 Å². The number of ether oxygens (including phenoxy) is 1. The number of carbonyl (C=O) groups excluding carboxylic acids is 1. The summed E-state index contributed by atoms with van der Waals surface area (Å²) in [6.07, 6.45) is 10.2. The average Bonchev–Trinajstić information content (AvgIpc) is 2.84. The Kier molecular flexibility index (Phi) is 7.44. The number of benzene rings is 2. The van der Waals surface area contributed by atoms with Crippen LogP contribution in [0.25, 0.3) is 0 Å². The topological polar surface area (TPSA) is 26.3 Å². The molecule has 2 aromatic rings. The zero-order chi connectivity index (χ0) is 24.4. The molecular formula is C28H30F4O2. The highest BCUT2D eigenvalue weighted by molar-refractivity contribution is 5.91. The van der Waals surface area contributed by atoms with Gasteiger partial charge < -0.3 is 4.74 Å². The highest BCUT2D eigenvalue weighted by Gasteiger charge is 2.37. The van der Waals surface area contributed by atoms with Crippen molar-refractivity contribution in [3.05, 3.63) is 76.9 Å². The largest absolute Gasteiger partial charge is 0.420 e. The van der Waals surface area contributed by atoms with E-state index in [9.17, 15) is 18.0 Å². The van der Waals surface area contributed by atoms with E-state index in [1.807, 2.05) is 6.08 Å². The number of rotatable bonds is 6. The Morgan fingerprint density at radius 3 is 2.44 bits per heavy atom. The molecule has 0 N–H and O–H groups in total. The number of aryl methyl sites for hydroxylation is 1. The van der Waals surface area contributed by atoms with Crippen LogP contribution in [-0.2, 0) is 0 Å². The van der Waals surface area contributed by atoms with Gasteiger partial charge in [-0.2, -0.15) is 4.39 Å². The van der Waals surface area contributed by atoms with Crippen molar-refractivity contribution in [3.8, 4) is 5.75 Å². The quantitative estimate of drug-likeness (QED) is 0.183. The summed E-state index contributed by atoms with van der Waals surface area (Å²) in [5.74, 6) is -5.06. The van der Waals surface area contributed by atoms with Crippen molar-refractivity contribution in [1.29, 1.82) is 0 Å². The molecule has 0 aromatic heterocycles. The first-order valence-electron chi connectivity index (χ1n) is 12.1. The van der Waals surface area contributed by atoms with Crippen LogP contribution in [0.1, 0.15) is 78.8 Å². The summed E-state index contributed by atoms with van der Waals surface area (Å²) >= 11 is 0. The fourth-order valence-electron chi connectivity index (χ4n) is 5.78. The summed E-state index contributed by atoms with van der Waals surface area (Å²) < 4.78 is 62.5. The van der Waals surface area contributed by atoms with Gasteiger partial charge in [0.2, 0.25) is 5.82 Å². The number of fused-ring (bicyclic) bond motifs is 1. The van der Waals surface area contributed by atoms with Gasteiger partial charge in [-0.05, 0) is 98.8 Å². The molecule has 2 fully saturated rings. The second kappa shape index (κ2) is 10.3. The van der Waals surface area contributed by atoms with Gasteiger partial charge in [-0.1, -0.05) is 24.6 Å². The van der Waals surface area contributed by atoms with Crippen LogP contribution in [0.15, 0.2) is 36.9 Å². The second-order valence-electron chi connectivity index (χ2n) is 9.80. The van der Waals surface area contributed by atoms with Crippen LogP contribution >= 0.6 is 0 Å². The lowest BCUT2D eigenvalue weighted by Gasteiger charge is -2.42. The maximum absolute atomic E-state index is 15.0. The number of hydrogen-bond donors (Lipinski definition) is 0. The van der Waals surface area contributed by atoms with Crippen LogP contribution in [-0.4, -0.2) is 5.97 Å². The Hall–Kier alpha value is -2.63. The molecule has 0 radical (unpaired) electrons. The minimum absolute atomic E-state index is 0.0406. The van der Waals surface area contributed by atoms with E-state index < -0.39 is 40.6 Å². The highest BCUT2D eigenvalue weighted by atomic mass is 19.2. The normalized spacial score (nSPS) is 24.4. The van der Waals surface area contributed by atoms with E-state index >= 15 is 4.39 Å². The van der Waals surface area contributed by atoms with Crippen molar-refractivity contribution < 1.29 is 27.1 Å². The predicted molar refractivity (Wildman–Crippen MR) is 123 cm³/mol. The fourth-order valence-corrected chi connectivity index (χ4v) is 5.78. The number of esters is 1. The number of allylic oxidation sites excluding steroid dienone is 1. The Balaban J connectivity index is 1.46. The summed E-state index contributed by atoms with van der Waals surface area (Å²) in [7, 11) is 0. The van der Waals surface area contributed by atoms with Crippen LogP contribution < -0.4 is 4.74 Å². The number of hydrogen-bond acceptors (Lipinski definition) is 2. The molecule has 2 aliphatic rings. The molecule has 0 bridgehead atoms. The molecule has 2 nitrogen and oxygen atoms in total. The van der Waals surface area contributed by atoms with Crippen molar-refractivity contribution in [3.63, 3.8) is 0 Å². The van der Waals surface area contributed by atoms with Crippen LogP contribution in [0.4, 0.5) is 17.6 Å². The van der Waals surface area contributed by atoms with Crippen molar-refractivity contribution in [2.24, 2.45) is 17.8 Å². The summed E-state index contributed by atoms with van der Waals surface area (Å²) in [5, 5.41) is 0. The second-order valence-corrected chi connectivity index (χ2v) is 9.80. The fraction of sp³-hybridized carbons (Fsp3) is 0.464. The van der Waals surface area contributed by atoms with Crippen LogP contribution in [0.3, 0.4) is 0 Å². The Morgan fingerprint density at radius 2 is 1.68 bits per heavy atom. The summed E-state index contributed by atoms with van der Waals surface area (Å²) in [6.45, 7) is 5.17. The maximum atomic E-state index is 15.0. The van der Waals surface area contributed by atoms with Gasteiger partial charge in [0.25, 0.3) is 0 Å². The van der Waals surface area contributed by atoms with Gasteiger partial charge in [-0.25, -0.2) is 18.0 Å². The van der Waals surface area contributed by atoms with E-state index in [1.165, 1.54) is 44.4 Å². The van der Waals surface area contributed by atoms with E-state index in [4.69, 9.17) is 4.74 Å². The van der Waals surface area contributed by atoms with Crippen molar-refractivity contribution in [2.45, 2.75) is 64.2 Å². The lowest BCUT2D eigenvalue weighted by molar-refractivity contribution is 0.0720. The number of halogens is 4. The molecule has 0 spiro atoms. The zero-order valence-electron chi connectivity index (χ0n) is 19.4. The number of carbonyl (C=O) groups is 1. The molecule has 0 aliphatic heterocycles. The first-order valence-corrected chi connectivity index (χ1v) is 12.1. The molecule has 2 saturated carbocycles. The van der Waals surface area contributed by atoms with Gasteiger partial charge in [-0.15, -0.1) is 6.58 Å². The average molecular weight is 475 g/mol. The van der Waals surface area contributed by atoms with Gasteiger partial charge >= 0.3 is 5.97 Å². The third-order valence-electron chi connectivity index (χ3n) is 7.72. The smallest absolute Gasteiger partial charge is 0.346 e. The molecule has 182 valence electrons. The molecule has 0 heterocycles. The molecule has 2 aliphatic carbocycles. The Bertz CT molecular complexity index is 1080. The van der Waals surface area contributed by atoms with Crippen LogP contribution in [0.2, 0.25) is 0 Å². The third-order valence-corrected chi connectivity index (χ3v) is 7.72. The minimum Gasteiger partial charge on any atom is -0.420 e. The molecular weight excluding hydrogens is 444 g/mol. The lowest BCUT2D eigenvalue weighted by atomic mass is 9.63. The molecule has 6 heteroatoms. The van der Waals surface area contributed by atoms with Gasteiger partial charge in [0.05, 0.1) is 5.56 Å². The molecule has 4 atom stereocenters. The van der Waals surface area contributed by atoms with Gasteiger partial charge in [0.15, 0.2) is 23.2 Å². The monoisotopic (exact) mass is 474 g/mol. The van der Waals surface area contributed by atoms with E-state index in [0.29, 0.717) is 11.8 Å². The maximum Gasteiger partial charge on any atom is 0.346 e. The zero-order valence-corrected chi connectivity index (χ0v) is 19.4. The SMILES string of the molecule is C=CCCC1CCC2CC(c3ccc(C(=O)Oc4ccc(C)c(F)c4F)c(F)c3F)CCC2C1. The van der Waals surface area contributed by atoms with E-state index in [2.05, 4.69) is 6.58 Å². The molecule has 2 aromatic carbocycles. The van der Waals surface area contributed by atoms with Crippen LogP contribution in [0.5, 0.6) is 5.75 Å². The summed E-state index contributed by atoms with van der Waals surface area (Å²) in [4.78, 5) is 12.4. The first kappa shape index (κ1) is 24.5. The lowest BCUT2D eigenvalue weighted by Crippen LogP contribution is -2.30. The van der Waals surface area contributed by atoms with Crippen molar-refractivity contribution in [1.82, 2.24) is 0 Å². The van der Waals surface area contributed by atoms with Gasteiger partial charge in [-0.3, -0.25) is 0 Å². The van der Waals surface area contributed by atoms with Crippen LogP contribution in [0, 0.1) is 47.9 Å². The molecule has 4 rings (SSSR count). The highest BCUT2D eigenvalue weighted by Crippen LogP contribution is 2.49. The van der Waals surface area contributed by atoms with Crippen molar-refractivity contribution >= 4 is 5.97 Å². The van der Waals surface area contributed by atoms with Gasteiger partial charge in [0.1, 0.15) is 0 Å². The van der Waals surface area contributed by atoms with E-state index in [0.717, 1.165) is 44.1 Å². The minimum atomic E-state index is -1.35. The molecule has 4 unspecified atom stereocenters. The molecule has 0 saturated heterocycles. The van der Waals surface area contributed by atoms with E-state index in [-0.39, 0.29) is 17.0 Å². The summed E-state index contributed by atoms with van der Waals surface area (Å²) in [5.41, 5.74) is -0.328.